The van der Waals surface area contributed by atoms with Crippen molar-refractivity contribution in [3.8, 4) is 22.5 Å². The smallest absolute Gasteiger partial charge is 0.323 e. The number of ether oxygens (including phenoxy) is 1. The van der Waals surface area contributed by atoms with E-state index in [2.05, 4.69) is 20.5 Å². The van der Waals surface area contributed by atoms with Crippen LogP contribution in [0.1, 0.15) is 10.4 Å². The summed E-state index contributed by atoms with van der Waals surface area (Å²) in [5.41, 5.74) is 5.86. The number of aromatic nitrogens is 4. The number of pyridine rings is 2. The summed E-state index contributed by atoms with van der Waals surface area (Å²) in [6, 6.07) is 19.6. The van der Waals surface area contributed by atoms with Crippen molar-refractivity contribution in [2.75, 3.05) is 55.9 Å². The molecule has 0 radical (unpaired) electrons. The van der Waals surface area contributed by atoms with E-state index in [0.717, 1.165) is 33.5 Å². The summed E-state index contributed by atoms with van der Waals surface area (Å²) in [6.45, 7) is 2.67. The van der Waals surface area contributed by atoms with E-state index in [4.69, 9.17) is 19.7 Å². The molecule has 0 atom stereocenters. The summed E-state index contributed by atoms with van der Waals surface area (Å²) in [6.07, 6.45) is 5.37. The second-order valence-corrected chi connectivity index (χ2v) is 10.2. The van der Waals surface area contributed by atoms with Crippen LogP contribution in [0.3, 0.4) is 0 Å². The minimum Gasteiger partial charge on any atom is -0.378 e. The lowest BCUT2D eigenvalue weighted by Gasteiger charge is -2.28. The Morgan fingerprint density at radius 1 is 0.837 bits per heavy atom. The Kier molecular flexibility index (Phi) is 7.88. The van der Waals surface area contributed by atoms with Crippen LogP contribution in [0.25, 0.3) is 33.5 Å². The summed E-state index contributed by atoms with van der Waals surface area (Å²) in [4.78, 5) is 47.2. The van der Waals surface area contributed by atoms with Gasteiger partial charge >= 0.3 is 6.03 Å². The zero-order chi connectivity index (χ0) is 29.8. The highest BCUT2D eigenvalue weighted by molar-refractivity contribution is 6.00. The fourth-order valence-corrected chi connectivity index (χ4v) is 4.77. The molecule has 216 valence electrons. The molecule has 0 bridgehead atoms. The van der Waals surface area contributed by atoms with Crippen molar-refractivity contribution < 1.29 is 14.3 Å². The third kappa shape index (κ3) is 6.26. The standard InChI is InChI=1S/C32H30N8O3/c1-39(2)31(41)22-7-11-26(12-8-22)36-32(42)35-25-9-5-21(6-10-25)29-37-27-18-24(23-4-3-13-33-19-23)20-34-28(27)30(38-29)40-14-16-43-17-15-40/h3-13,18-20H,14-17H2,1-2H3,(H2,35,36,42). The Morgan fingerprint density at radius 2 is 1.53 bits per heavy atom. The van der Waals surface area contributed by atoms with Gasteiger partial charge in [-0.15, -0.1) is 0 Å². The first-order valence-electron chi connectivity index (χ1n) is 13.9. The lowest BCUT2D eigenvalue weighted by molar-refractivity contribution is 0.0827. The zero-order valence-electron chi connectivity index (χ0n) is 23.8. The molecule has 3 amide bonds. The number of rotatable bonds is 6. The molecule has 2 N–H and O–H groups in total. The third-order valence-corrected chi connectivity index (χ3v) is 7.02. The van der Waals surface area contributed by atoms with E-state index in [9.17, 15) is 9.59 Å². The van der Waals surface area contributed by atoms with Crippen molar-refractivity contribution in [1.29, 1.82) is 0 Å². The minimum absolute atomic E-state index is 0.103. The van der Waals surface area contributed by atoms with Crippen molar-refractivity contribution in [3.05, 3.63) is 90.9 Å². The van der Waals surface area contributed by atoms with Gasteiger partial charge in [0.1, 0.15) is 5.52 Å². The largest absolute Gasteiger partial charge is 0.378 e. The van der Waals surface area contributed by atoms with E-state index >= 15 is 0 Å². The van der Waals surface area contributed by atoms with Gasteiger partial charge in [-0.05, 0) is 60.7 Å². The lowest BCUT2D eigenvalue weighted by atomic mass is 10.1. The second-order valence-electron chi connectivity index (χ2n) is 10.2. The van der Waals surface area contributed by atoms with Crippen LogP contribution in [0.4, 0.5) is 22.0 Å². The van der Waals surface area contributed by atoms with Crippen LogP contribution in [0, 0.1) is 0 Å². The van der Waals surface area contributed by atoms with Crippen LogP contribution in [0.2, 0.25) is 0 Å². The minimum atomic E-state index is -0.398. The molecule has 0 aliphatic carbocycles. The van der Waals surface area contributed by atoms with Crippen molar-refractivity contribution in [3.63, 3.8) is 0 Å². The molecular formula is C32H30N8O3. The molecule has 4 heterocycles. The van der Waals surface area contributed by atoms with Gasteiger partial charge in [-0.25, -0.2) is 14.8 Å². The highest BCUT2D eigenvalue weighted by Gasteiger charge is 2.20. The highest BCUT2D eigenvalue weighted by atomic mass is 16.5. The molecule has 0 spiro atoms. The number of carbonyl (C=O) groups is 2. The van der Waals surface area contributed by atoms with Gasteiger partial charge in [-0.1, -0.05) is 6.07 Å². The van der Waals surface area contributed by atoms with Gasteiger partial charge in [0.2, 0.25) is 0 Å². The summed E-state index contributed by atoms with van der Waals surface area (Å²) in [5, 5.41) is 5.63. The van der Waals surface area contributed by atoms with E-state index in [0.29, 0.717) is 49.1 Å². The fraction of sp³-hybridized carbons (Fsp3) is 0.188. The molecule has 43 heavy (non-hydrogen) atoms. The molecule has 1 aliphatic rings. The maximum absolute atomic E-state index is 12.6. The average Bonchev–Trinajstić information content (AvgIpc) is 3.05. The summed E-state index contributed by atoms with van der Waals surface area (Å²) in [7, 11) is 3.39. The number of urea groups is 1. The van der Waals surface area contributed by atoms with E-state index in [1.807, 2.05) is 36.5 Å². The number of fused-ring (bicyclic) bond motifs is 1. The van der Waals surface area contributed by atoms with Crippen molar-refractivity contribution in [2.24, 2.45) is 0 Å². The molecule has 3 aromatic heterocycles. The first kappa shape index (κ1) is 27.7. The Bertz CT molecular complexity index is 1750. The van der Waals surface area contributed by atoms with Gasteiger partial charge in [0.15, 0.2) is 11.6 Å². The topological polar surface area (TPSA) is 125 Å². The van der Waals surface area contributed by atoms with Gasteiger partial charge < -0.3 is 25.2 Å². The monoisotopic (exact) mass is 574 g/mol. The quantitative estimate of drug-likeness (QED) is 0.292. The normalized spacial score (nSPS) is 13.0. The summed E-state index contributed by atoms with van der Waals surface area (Å²) < 4.78 is 5.56. The second kappa shape index (κ2) is 12.2. The SMILES string of the molecule is CN(C)C(=O)c1ccc(NC(=O)Nc2ccc(-c3nc(N4CCOCC4)c4ncc(-c5cccnc5)cc4n3)cc2)cc1. The van der Waals surface area contributed by atoms with E-state index < -0.39 is 6.03 Å². The van der Waals surface area contributed by atoms with E-state index in [1.165, 1.54) is 4.90 Å². The summed E-state index contributed by atoms with van der Waals surface area (Å²) in [5.74, 6) is 1.22. The molecule has 11 heteroatoms. The summed E-state index contributed by atoms with van der Waals surface area (Å²) >= 11 is 0. The van der Waals surface area contributed by atoms with Crippen LogP contribution in [0.5, 0.6) is 0 Å². The van der Waals surface area contributed by atoms with Gasteiger partial charge in [-0.3, -0.25) is 14.8 Å². The Morgan fingerprint density at radius 3 is 2.19 bits per heavy atom. The molecule has 6 rings (SSSR count). The third-order valence-electron chi connectivity index (χ3n) is 7.02. The molecule has 0 saturated carbocycles. The number of benzene rings is 2. The van der Waals surface area contributed by atoms with E-state index in [-0.39, 0.29) is 5.91 Å². The maximum atomic E-state index is 12.6. The Balaban J connectivity index is 1.23. The first-order valence-corrected chi connectivity index (χ1v) is 13.9. The number of morpholine rings is 1. The van der Waals surface area contributed by atoms with Crippen LogP contribution in [-0.2, 0) is 4.74 Å². The van der Waals surface area contributed by atoms with Gasteiger partial charge in [-0.2, -0.15) is 0 Å². The van der Waals surface area contributed by atoms with Crippen molar-refractivity contribution >= 4 is 40.2 Å². The van der Waals surface area contributed by atoms with Crippen LogP contribution in [-0.4, -0.2) is 77.2 Å². The predicted molar refractivity (Wildman–Crippen MR) is 166 cm³/mol. The zero-order valence-corrected chi connectivity index (χ0v) is 23.8. The van der Waals surface area contributed by atoms with Crippen molar-refractivity contribution in [2.45, 2.75) is 0 Å². The number of amides is 3. The van der Waals surface area contributed by atoms with Gasteiger partial charge in [0.25, 0.3) is 5.91 Å². The maximum Gasteiger partial charge on any atom is 0.323 e. The fourth-order valence-electron chi connectivity index (χ4n) is 4.77. The number of hydrogen-bond acceptors (Lipinski definition) is 8. The number of nitrogens with one attached hydrogen (secondary N) is 2. The molecule has 1 fully saturated rings. The molecule has 11 nitrogen and oxygen atoms in total. The Hall–Kier alpha value is -5.42. The highest BCUT2D eigenvalue weighted by Crippen LogP contribution is 2.30. The number of hydrogen-bond donors (Lipinski definition) is 2. The first-order chi connectivity index (χ1) is 20.9. The van der Waals surface area contributed by atoms with Gasteiger partial charge in [0.05, 0.1) is 18.7 Å². The molecule has 1 saturated heterocycles. The predicted octanol–water partition coefficient (Wildman–Crippen LogP) is 4.94. The molecule has 0 unspecified atom stereocenters. The number of nitrogens with zero attached hydrogens (tertiary/aromatic N) is 6. The van der Waals surface area contributed by atoms with Crippen LogP contribution >= 0.6 is 0 Å². The van der Waals surface area contributed by atoms with Crippen LogP contribution < -0.4 is 15.5 Å². The number of carbonyl (C=O) groups excluding carboxylic acids is 2. The molecule has 2 aromatic carbocycles. The van der Waals surface area contributed by atoms with Crippen LogP contribution in [0.15, 0.2) is 85.3 Å². The Labute approximate surface area is 248 Å². The molecule has 5 aromatic rings. The van der Waals surface area contributed by atoms with Gasteiger partial charge in [0, 0.05) is 79.4 Å². The van der Waals surface area contributed by atoms with E-state index in [1.54, 1.807) is 62.9 Å². The molecule has 1 aliphatic heterocycles. The average molecular weight is 575 g/mol. The lowest BCUT2D eigenvalue weighted by Crippen LogP contribution is -2.37. The molecular weight excluding hydrogens is 544 g/mol. The number of anilines is 3. The van der Waals surface area contributed by atoms with Crippen molar-refractivity contribution in [1.82, 2.24) is 24.8 Å².